The van der Waals surface area contributed by atoms with Crippen LogP contribution in [0.2, 0.25) is 0 Å². The van der Waals surface area contributed by atoms with Crippen LogP contribution in [0.3, 0.4) is 0 Å². The molecule has 0 aliphatic carbocycles. The van der Waals surface area contributed by atoms with E-state index >= 15 is 0 Å². The van der Waals surface area contributed by atoms with Gasteiger partial charge >= 0.3 is 11.9 Å². The molecule has 4 rings (SSSR count). The van der Waals surface area contributed by atoms with Gasteiger partial charge in [0, 0.05) is 29.7 Å². The first-order valence-electron chi connectivity index (χ1n) is 8.43. The third kappa shape index (κ3) is 3.08. The van der Waals surface area contributed by atoms with Crippen molar-refractivity contribution in [2.75, 3.05) is 18.1 Å². The number of rotatable bonds is 4. The van der Waals surface area contributed by atoms with Crippen molar-refractivity contribution in [1.82, 2.24) is 15.0 Å². The summed E-state index contributed by atoms with van der Waals surface area (Å²) >= 11 is 0. The lowest BCUT2D eigenvalue weighted by atomic mass is 9.99. The highest BCUT2D eigenvalue weighted by Crippen LogP contribution is 2.47. The third-order valence-corrected chi connectivity index (χ3v) is 4.42. The highest BCUT2D eigenvalue weighted by molar-refractivity contribution is 5.97. The van der Waals surface area contributed by atoms with E-state index in [1.807, 2.05) is 6.92 Å². The quantitative estimate of drug-likeness (QED) is 0.504. The maximum absolute atomic E-state index is 11.3. The van der Waals surface area contributed by atoms with Gasteiger partial charge in [-0.25, -0.2) is 19.6 Å². The second-order valence-corrected chi connectivity index (χ2v) is 6.48. The second-order valence-electron chi connectivity index (χ2n) is 6.48. The smallest absolute Gasteiger partial charge is 0.354 e. The maximum Gasteiger partial charge on any atom is 0.354 e. The van der Waals surface area contributed by atoms with Crippen molar-refractivity contribution < 1.29 is 29.3 Å². The zero-order valence-electron chi connectivity index (χ0n) is 15.0. The van der Waals surface area contributed by atoms with Crippen LogP contribution in [-0.4, -0.2) is 43.7 Å². The van der Waals surface area contributed by atoms with Crippen LogP contribution >= 0.6 is 0 Å². The molecule has 1 aliphatic rings. The minimum Gasteiger partial charge on any atom is -0.492 e. The summed E-state index contributed by atoms with van der Waals surface area (Å²) < 4.78 is 11.6. The van der Waals surface area contributed by atoms with E-state index in [4.69, 9.17) is 20.9 Å². The lowest BCUT2D eigenvalue weighted by Crippen LogP contribution is -2.08. The van der Waals surface area contributed by atoms with Crippen LogP contribution in [0.1, 0.15) is 39.4 Å². The molecular formula is C18H15N5O6. The Hall–Kier alpha value is -4.15. The number of benzene rings is 1. The monoisotopic (exact) mass is 397 g/mol. The van der Waals surface area contributed by atoms with Gasteiger partial charge in [-0.2, -0.15) is 4.98 Å². The zero-order valence-corrected chi connectivity index (χ0v) is 15.0. The molecule has 1 aromatic carbocycles. The Morgan fingerprint density at radius 1 is 1.10 bits per heavy atom. The van der Waals surface area contributed by atoms with Gasteiger partial charge in [0.15, 0.2) is 11.4 Å². The standard InChI is InChI=1S/C18H15N5O6/c1-6-5-28-14-12(6)11(4-8-13(14)15(19)23-18(20)22-8)29-7-2-9(16(24)25)21-10(3-7)17(26)27/h2-4,6H,5H2,1H3,(H,24,25)(H,26,27)(H4,19,20,22,23). The molecular weight excluding hydrogens is 382 g/mol. The molecule has 11 heteroatoms. The van der Waals surface area contributed by atoms with Gasteiger partial charge in [0.05, 0.1) is 17.5 Å². The summed E-state index contributed by atoms with van der Waals surface area (Å²) in [5.41, 5.74) is 11.8. The highest BCUT2D eigenvalue weighted by atomic mass is 16.5. The van der Waals surface area contributed by atoms with Crippen LogP contribution < -0.4 is 20.9 Å². The summed E-state index contributed by atoms with van der Waals surface area (Å²) in [4.78, 5) is 34.3. The van der Waals surface area contributed by atoms with Crippen LogP contribution in [0, 0.1) is 0 Å². The zero-order chi connectivity index (χ0) is 20.9. The number of aromatic nitrogens is 3. The number of carbonyl (C=O) groups is 2. The van der Waals surface area contributed by atoms with Gasteiger partial charge < -0.3 is 31.2 Å². The number of carboxylic acid groups (broad SMARTS) is 2. The molecule has 0 fully saturated rings. The molecule has 6 N–H and O–H groups in total. The molecule has 29 heavy (non-hydrogen) atoms. The summed E-state index contributed by atoms with van der Waals surface area (Å²) in [6, 6.07) is 3.85. The molecule has 0 saturated carbocycles. The number of nitrogens with zero attached hydrogens (tertiary/aromatic N) is 3. The van der Waals surface area contributed by atoms with E-state index < -0.39 is 23.3 Å². The summed E-state index contributed by atoms with van der Waals surface area (Å²) in [6.45, 7) is 2.28. The van der Waals surface area contributed by atoms with Gasteiger partial charge in [0.2, 0.25) is 5.95 Å². The topological polar surface area (TPSA) is 184 Å². The molecule has 1 unspecified atom stereocenters. The first-order chi connectivity index (χ1) is 13.7. The summed E-state index contributed by atoms with van der Waals surface area (Å²) in [5.74, 6) is -1.95. The average Bonchev–Trinajstić information content (AvgIpc) is 3.02. The number of hydrogen-bond donors (Lipinski definition) is 4. The minimum atomic E-state index is -1.38. The van der Waals surface area contributed by atoms with Gasteiger partial charge in [-0.05, 0) is 0 Å². The van der Waals surface area contributed by atoms with Gasteiger partial charge in [0.1, 0.15) is 23.1 Å². The molecule has 0 saturated heterocycles. The first-order valence-corrected chi connectivity index (χ1v) is 8.43. The Kier molecular flexibility index (Phi) is 4.07. The molecule has 1 aliphatic heterocycles. The van der Waals surface area contributed by atoms with Gasteiger partial charge in [-0.15, -0.1) is 0 Å². The fraction of sp³-hybridized carbons (Fsp3) is 0.167. The third-order valence-electron chi connectivity index (χ3n) is 4.42. The second kappa shape index (κ2) is 6.48. The number of fused-ring (bicyclic) bond motifs is 3. The summed E-state index contributed by atoms with van der Waals surface area (Å²) in [6.07, 6.45) is 0. The number of nitrogens with two attached hydrogens (primary N) is 2. The van der Waals surface area contributed by atoms with Crippen molar-refractivity contribution in [2.45, 2.75) is 12.8 Å². The van der Waals surface area contributed by atoms with E-state index in [0.717, 1.165) is 12.1 Å². The number of anilines is 2. The first kappa shape index (κ1) is 18.2. The van der Waals surface area contributed by atoms with Crippen LogP contribution in [0.5, 0.6) is 17.2 Å². The molecule has 148 valence electrons. The van der Waals surface area contributed by atoms with Gasteiger partial charge in [0.25, 0.3) is 0 Å². The van der Waals surface area contributed by atoms with Gasteiger partial charge in [-0.1, -0.05) is 6.92 Å². The largest absolute Gasteiger partial charge is 0.492 e. The van der Waals surface area contributed by atoms with Crippen molar-refractivity contribution >= 4 is 34.6 Å². The fourth-order valence-corrected chi connectivity index (χ4v) is 3.20. The SMILES string of the molecule is CC1COc2c1c(Oc1cc(C(=O)O)nc(C(=O)O)c1)cc1nc(N)nc(N)c21. The Morgan fingerprint density at radius 3 is 2.38 bits per heavy atom. The normalized spacial score (nSPS) is 15.0. The van der Waals surface area contributed by atoms with E-state index in [1.165, 1.54) is 0 Å². The fourth-order valence-electron chi connectivity index (χ4n) is 3.20. The minimum absolute atomic E-state index is 0.00884. The summed E-state index contributed by atoms with van der Waals surface area (Å²) in [5, 5.41) is 18.9. The molecule has 11 nitrogen and oxygen atoms in total. The number of ether oxygens (including phenoxy) is 2. The predicted molar refractivity (Wildman–Crippen MR) is 101 cm³/mol. The molecule has 1 atom stereocenters. The van der Waals surface area contributed by atoms with Crippen LogP contribution in [0.25, 0.3) is 10.9 Å². The average molecular weight is 397 g/mol. The van der Waals surface area contributed by atoms with E-state index in [-0.39, 0.29) is 23.4 Å². The van der Waals surface area contributed by atoms with E-state index in [2.05, 4.69) is 15.0 Å². The van der Waals surface area contributed by atoms with E-state index in [0.29, 0.717) is 34.6 Å². The number of pyridine rings is 1. The van der Waals surface area contributed by atoms with Gasteiger partial charge in [-0.3, -0.25) is 0 Å². The van der Waals surface area contributed by atoms with Crippen LogP contribution in [0.15, 0.2) is 18.2 Å². The molecule has 0 radical (unpaired) electrons. The number of hydrogen-bond acceptors (Lipinski definition) is 9. The highest BCUT2D eigenvalue weighted by Gasteiger charge is 2.30. The molecule has 0 amide bonds. The predicted octanol–water partition coefficient (Wildman–Crippen LogP) is 1.87. The van der Waals surface area contributed by atoms with Crippen molar-refractivity contribution in [3.8, 4) is 17.2 Å². The van der Waals surface area contributed by atoms with Crippen molar-refractivity contribution in [3.63, 3.8) is 0 Å². The number of carboxylic acids is 2. The van der Waals surface area contributed by atoms with E-state index in [9.17, 15) is 19.8 Å². The Bertz CT molecular complexity index is 1160. The molecule has 0 bridgehead atoms. The number of nitrogen functional groups attached to an aromatic ring is 2. The lowest BCUT2D eigenvalue weighted by molar-refractivity contribution is 0.0684. The van der Waals surface area contributed by atoms with Crippen molar-refractivity contribution in [2.24, 2.45) is 0 Å². The van der Waals surface area contributed by atoms with E-state index in [1.54, 1.807) is 6.07 Å². The molecule has 2 aromatic heterocycles. The van der Waals surface area contributed by atoms with Crippen molar-refractivity contribution in [1.29, 1.82) is 0 Å². The summed E-state index contributed by atoms with van der Waals surface area (Å²) in [7, 11) is 0. The Balaban J connectivity index is 1.91. The maximum atomic E-state index is 11.3. The Labute approximate surface area is 162 Å². The molecule has 3 aromatic rings. The van der Waals surface area contributed by atoms with Crippen LogP contribution in [0.4, 0.5) is 11.8 Å². The lowest BCUT2D eigenvalue weighted by Gasteiger charge is -2.15. The molecule has 3 heterocycles. The molecule has 0 spiro atoms. The van der Waals surface area contributed by atoms with Crippen molar-refractivity contribution in [3.05, 3.63) is 35.2 Å². The Morgan fingerprint density at radius 2 is 1.76 bits per heavy atom. The number of aromatic carboxylic acids is 2. The van der Waals surface area contributed by atoms with Crippen LogP contribution in [-0.2, 0) is 0 Å².